The zero-order chi connectivity index (χ0) is 11.2. The van der Waals surface area contributed by atoms with E-state index in [0.717, 1.165) is 19.5 Å². The molecule has 0 saturated carbocycles. The zero-order valence-corrected chi connectivity index (χ0v) is 9.66. The molecule has 0 unspecified atom stereocenters. The van der Waals surface area contributed by atoms with Gasteiger partial charge in [0.25, 0.3) is 0 Å². The first kappa shape index (κ1) is 11.0. The van der Waals surface area contributed by atoms with Gasteiger partial charge in [0, 0.05) is 23.6 Å². The van der Waals surface area contributed by atoms with Gasteiger partial charge >= 0.3 is 0 Å². The summed E-state index contributed by atoms with van der Waals surface area (Å²) in [5, 5.41) is 4.73. The Labute approximate surface area is 96.4 Å². The van der Waals surface area contributed by atoms with Crippen LogP contribution in [0.3, 0.4) is 0 Å². The molecule has 2 heteroatoms. The minimum absolute atomic E-state index is 0.957. The highest BCUT2D eigenvalue weighted by atomic mass is 14.8. The van der Waals surface area contributed by atoms with Crippen molar-refractivity contribution in [1.82, 2.24) is 10.3 Å². The number of benzene rings is 1. The fourth-order valence-corrected chi connectivity index (χ4v) is 1.86. The van der Waals surface area contributed by atoms with Crippen molar-refractivity contribution < 1.29 is 0 Å². The number of hydrogen-bond acceptors (Lipinski definition) is 1. The molecule has 0 aliphatic rings. The Kier molecular flexibility index (Phi) is 3.78. The molecule has 0 radical (unpaired) electrons. The van der Waals surface area contributed by atoms with Gasteiger partial charge in [0.2, 0.25) is 0 Å². The third-order valence-corrected chi connectivity index (χ3v) is 2.74. The highest BCUT2D eigenvalue weighted by Crippen LogP contribution is 2.17. The molecule has 0 bridgehead atoms. The van der Waals surface area contributed by atoms with Crippen molar-refractivity contribution in [3.63, 3.8) is 0 Å². The fraction of sp³-hybridized carbons (Fsp3) is 0.286. The van der Waals surface area contributed by atoms with Gasteiger partial charge in [-0.1, -0.05) is 30.4 Å². The lowest BCUT2D eigenvalue weighted by molar-refractivity contribution is 0.746. The Hall–Kier alpha value is -1.54. The molecule has 1 aromatic carbocycles. The van der Waals surface area contributed by atoms with E-state index < -0.39 is 0 Å². The van der Waals surface area contributed by atoms with Crippen LogP contribution in [0.5, 0.6) is 0 Å². The van der Waals surface area contributed by atoms with Gasteiger partial charge in [-0.05, 0) is 31.5 Å². The van der Waals surface area contributed by atoms with Gasteiger partial charge in [-0.3, -0.25) is 0 Å². The number of allylic oxidation sites excluding steroid dienone is 1. The molecule has 2 aromatic rings. The van der Waals surface area contributed by atoms with Gasteiger partial charge in [0.05, 0.1) is 0 Å². The van der Waals surface area contributed by atoms with Gasteiger partial charge in [-0.2, -0.15) is 0 Å². The third-order valence-electron chi connectivity index (χ3n) is 2.74. The van der Waals surface area contributed by atoms with Crippen LogP contribution in [0, 0.1) is 0 Å². The molecule has 1 heterocycles. The van der Waals surface area contributed by atoms with Crippen LogP contribution in [-0.4, -0.2) is 18.1 Å². The number of aromatic nitrogens is 1. The third kappa shape index (κ3) is 2.52. The maximum absolute atomic E-state index is 3.39. The Morgan fingerprint density at radius 1 is 1.31 bits per heavy atom. The smallest absolute Gasteiger partial charge is 0.0456 e. The van der Waals surface area contributed by atoms with Gasteiger partial charge in [0.1, 0.15) is 0 Å². The van der Waals surface area contributed by atoms with Crippen LogP contribution in [0.25, 0.3) is 10.9 Å². The minimum Gasteiger partial charge on any atom is -0.361 e. The van der Waals surface area contributed by atoms with Crippen molar-refractivity contribution in [2.45, 2.75) is 13.3 Å². The number of nitrogens with one attached hydrogen (secondary N) is 2. The summed E-state index contributed by atoms with van der Waals surface area (Å²) in [5.74, 6) is 0. The summed E-state index contributed by atoms with van der Waals surface area (Å²) in [5.41, 5.74) is 2.62. The molecule has 84 valence electrons. The standard InChI is InChI=1S/C14H18N2/c1-2-3-9-15-10-8-12-11-16-14-7-5-4-6-13(12)14/h2-7,11,15-16H,8-10H2,1H3/b3-2+. The first-order chi connectivity index (χ1) is 7.92. The molecule has 0 atom stereocenters. The van der Waals surface area contributed by atoms with E-state index in [-0.39, 0.29) is 0 Å². The second-order valence-corrected chi connectivity index (χ2v) is 3.88. The van der Waals surface area contributed by atoms with Crippen molar-refractivity contribution in [3.8, 4) is 0 Å². The second kappa shape index (κ2) is 5.52. The molecule has 16 heavy (non-hydrogen) atoms. The average molecular weight is 214 g/mol. The average Bonchev–Trinajstić information content (AvgIpc) is 2.73. The van der Waals surface area contributed by atoms with E-state index in [1.807, 2.05) is 6.92 Å². The number of aromatic amines is 1. The van der Waals surface area contributed by atoms with Gasteiger partial charge in [-0.25, -0.2) is 0 Å². The lowest BCUT2D eigenvalue weighted by Crippen LogP contribution is -2.16. The number of rotatable bonds is 5. The predicted octanol–water partition coefficient (Wildman–Crippen LogP) is 2.88. The van der Waals surface area contributed by atoms with Gasteiger partial charge in [-0.15, -0.1) is 0 Å². The Morgan fingerprint density at radius 2 is 2.19 bits per heavy atom. The van der Waals surface area contributed by atoms with Crippen molar-refractivity contribution in [1.29, 1.82) is 0 Å². The van der Waals surface area contributed by atoms with E-state index in [0.29, 0.717) is 0 Å². The monoisotopic (exact) mass is 214 g/mol. The number of H-pyrrole nitrogens is 1. The van der Waals surface area contributed by atoms with Crippen LogP contribution in [-0.2, 0) is 6.42 Å². The predicted molar refractivity (Wildman–Crippen MR) is 69.7 cm³/mol. The van der Waals surface area contributed by atoms with Crippen LogP contribution in [0.1, 0.15) is 12.5 Å². The summed E-state index contributed by atoms with van der Waals surface area (Å²) in [6, 6.07) is 8.44. The van der Waals surface area contributed by atoms with Crippen molar-refractivity contribution in [2.24, 2.45) is 0 Å². The lowest BCUT2D eigenvalue weighted by atomic mass is 10.1. The van der Waals surface area contributed by atoms with E-state index in [1.54, 1.807) is 0 Å². The normalized spacial score (nSPS) is 11.6. The van der Waals surface area contributed by atoms with E-state index in [9.17, 15) is 0 Å². The number of para-hydroxylation sites is 1. The maximum atomic E-state index is 3.39. The summed E-state index contributed by atoms with van der Waals surface area (Å²) in [7, 11) is 0. The van der Waals surface area contributed by atoms with Crippen molar-refractivity contribution in [3.05, 3.63) is 48.2 Å². The van der Waals surface area contributed by atoms with Gasteiger partial charge in [0.15, 0.2) is 0 Å². The van der Waals surface area contributed by atoms with Gasteiger partial charge < -0.3 is 10.3 Å². The summed E-state index contributed by atoms with van der Waals surface area (Å²) in [6.45, 7) is 4.02. The molecular weight excluding hydrogens is 196 g/mol. The highest BCUT2D eigenvalue weighted by Gasteiger charge is 2.01. The zero-order valence-electron chi connectivity index (χ0n) is 9.66. The van der Waals surface area contributed by atoms with Crippen LogP contribution < -0.4 is 5.32 Å². The molecule has 0 saturated heterocycles. The number of fused-ring (bicyclic) bond motifs is 1. The summed E-state index contributed by atoms with van der Waals surface area (Å²) in [6.07, 6.45) is 7.39. The first-order valence-corrected chi connectivity index (χ1v) is 5.78. The molecule has 1 aromatic heterocycles. The van der Waals surface area contributed by atoms with Crippen LogP contribution in [0.2, 0.25) is 0 Å². The molecule has 2 nitrogen and oxygen atoms in total. The Morgan fingerprint density at radius 3 is 3.06 bits per heavy atom. The molecule has 0 fully saturated rings. The molecule has 0 amide bonds. The largest absolute Gasteiger partial charge is 0.361 e. The van der Waals surface area contributed by atoms with Crippen molar-refractivity contribution in [2.75, 3.05) is 13.1 Å². The molecular formula is C14H18N2. The fourth-order valence-electron chi connectivity index (χ4n) is 1.86. The van der Waals surface area contributed by atoms with E-state index in [2.05, 4.69) is 52.9 Å². The van der Waals surface area contributed by atoms with Crippen LogP contribution in [0.4, 0.5) is 0 Å². The molecule has 2 N–H and O–H groups in total. The summed E-state index contributed by atoms with van der Waals surface area (Å²) in [4.78, 5) is 3.30. The Bertz CT molecular complexity index is 468. The number of hydrogen-bond donors (Lipinski definition) is 2. The molecule has 0 aliphatic carbocycles. The van der Waals surface area contributed by atoms with Crippen LogP contribution in [0.15, 0.2) is 42.6 Å². The lowest BCUT2D eigenvalue weighted by Gasteiger charge is -2.00. The molecule has 0 aliphatic heterocycles. The van der Waals surface area contributed by atoms with E-state index in [4.69, 9.17) is 0 Å². The summed E-state index contributed by atoms with van der Waals surface area (Å²) < 4.78 is 0. The first-order valence-electron chi connectivity index (χ1n) is 5.78. The Balaban J connectivity index is 1.94. The highest BCUT2D eigenvalue weighted by molar-refractivity contribution is 5.83. The minimum atomic E-state index is 0.957. The second-order valence-electron chi connectivity index (χ2n) is 3.88. The van der Waals surface area contributed by atoms with Crippen LogP contribution >= 0.6 is 0 Å². The topological polar surface area (TPSA) is 27.8 Å². The van der Waals surface area contributed by atoms with E-state index >= 15 is 0 Å². The van der Waals surface area contributed by atoms with Crippen molar-refractivity contribution >= 4 is 10.9 Å². The van der Waals surface area contributed by atoms with E-state index in [1.165, 1.54) is 16.5 Å². The molecule has 0 spiro atoms. The quantitative estimate of drug-likeness (QED) is 0.581. The maximum Gasteiger partial charge on any atom is 0.0456 e. The SMILES string of the molecule is C/C=C/CNCCc1c[nH]c2ccccc12. The molecule has 2 rings (SSSR count). The summed E-state index contributed by atoms with van der Waals surface area (Å²) >= 11 is 0.